The number of hydrogen-bond acceptors (Lipinski definition) is 2. The minimum atomic E-state index is 0.273. The molecule has 4 bridgehead atoms. The molecule has 2 nitrogen and oxygen atoms in total. The van der Waals surface area contributed by atoms with E-state index in [1.807, 2.05) is 0 Å². The SMILES string of the molecule is CC1(C)CC(OC2C3CC4CC(C3)CC2C4)CCN1. The number of rotatable bonds is 2. The van der Waals surface area contributed by atoms with Crippen molar-refractivity contribution in [1.82, 2.24) is 5.32 Å². The minimum Gasteiger partial charge on any atom is -0.374 e. The van der Waals surface area contributed by atoms with E-state index in [1.165, 1.54) is 38.5 Å². The summed E-state index contributed by atoms with van der Waals surface area (Å²) in [5.74, 6) is 3.95. The first-order chi connectivity index (χ1) is 9.09. The van der Waals surface area contributed by atoms with Gasteiger partial charge in [0.15, 0.2) is 0 Å². The summed E-state index contributed by atoms with van der Waals surface area (Å²) in [6.45, 7) is 5.77. The molecule has 0 spiro atoms. The van der Waals surface area contributed by atoms with Crippen molar-refractivity contribution in [3.8, 4) is 0 Å². The lowest BCUT2D eigenvalue weighted by Crippen LogP contribution is -2.53. The van der Waals surface area contributed by atoms with E-state index >= 15 is 0 Å². The summed E-state index contributed by atoms with van der Waals surface area (Å²) in [7, 11) is 0. The van der Waals surface area contributed by atoms with Crippen molar-refractivity contribution in [2.45, 2.75) is 76.5 Å². The van der Waals surface area contributed by atoms with Gasteiger partial charge in [0.05, 0.1) is 12.2 Å². The molecule has 1 unspecified atom stereocenters. The smallest absolute Gasteiger partial charge is 0.0635 e. The molecule has 0 amide bonds. The number of nitrogens with one attached hydrogen (secondary N) is 1. The zero-order valence-corrected chi connectivity index (χ0v) is 12.5. The maximum atomic E-state index is 6.66. The normalized spacial score (nSPS) is 51.5. The first-order valence-electron chi connectivity index (χ1n) is 8.49. The fraction of sp³-hybridized carbons (Fsp3) is 1.00. The predicted octanol–water partition coefficient (Wildman–Crippen LogP) is 3.36. The standard InChI is InChI=1S/C17H29NO/c1-17(2)10-15(3-4-18-17)19-16-13-6-11-5-12(8-13)9-14(16)7-11/h11-16,18H,3-10H2,1-2H3. The second-order valence-electron chi connectivity index (χ2n) is 8.46. The van der Waals surface area contributed by atoms with Gasteiger partial charge in [0, 0.05) is 5.54 Å². The van der Waals surface area contributed by atoms with Crippen molar-refractivity contribution in [1.29, 1.82) is 0 Å². The van der Waals surface area contributed by atoms with E-state index in [-0.39, 0.29) is 5.54 Å². The van der Waals surface area contributed by atoms with Crippen LogP contribution in [0, 0.1) is 23.7 Å². The molecule has 4 saturated carbocycles. The topological polar surface area (TPSA) is 21.3 Å². The fourth-order valence-electron chi connectivity index (χ4n) is 5.75. The molecule has 1 atom stereocenters. The summed E-state index contributed by atoms with van der Waals surface area (Å²) in [6.07, 6.45) is 11.0. The minimum absolute atomic E-state index is 0.273. The highest BCUT2D eigenvalue weighted by Crippen LogP contribution is 2.55. The lowest BCUT2D eigenvalue weighted by atomic mass is 9.55. The van der Waals surface area contributed by atoms with Crippen LogP contribution in [-0.2, 0) is 4.74 Å². The van der Waals surface area contributed by atoms with Crippen LogP contribution in [0.15, 0.2) is 0 Å². The van der Waals surface area contributed by atoms with Gasteiger partial charge >= 0.3 is 0 Å². The van der Waals surface area contributed by atoms with Gasteiger partial charge in [-0.3, -0.25) is 0 Å². The predicted molar refractivity (Wildman–Crippen MR) is 77.0 cm³/mol. The van der Waals surface area contributed by atoms with Crippen LogP contribution < -0.4 is 5.32 Å². The average molecular weight is 263 g/mol. The van der Waals surface area contributed by atoms with Gasteiger partial charge < -0.3 is 10.1 Å². The van der Waals surface area contributed by atoms with Crippen LogP contribution >= 0.6 is 0 Å². The summed E-state index contributed by atoms with van der Waals surface area (Å²) in [4.78, 5) is 0. The molecule has 2 heteroatoms. The van der Waals surface area contributed by atoms with Crippen molar-refractivity contribution in [2.24, 2.45) is 23.7 Å². The second kappa shape index (κ2) is 4.46. The van der Waals surface area contributed by atoms with Crippen molar-refractivity contribution in [3.63, 3.8) is 0 Å². The quantitative estimate of drug-likeness (QED) is 0.825. The highest BCUT2D eigenvalue weighted by atomic mass is 16.5. The van der Waals surface area contributed by atoms with Gasteiger partial charge in [0.25, 0.3) is 0 Å². The van der Waals surface area contributed by atoms with E-state index in [2.05, 4.69) is 19.2 Å². The van der Waals surface area contributed by atoms with Gasteiger partial charge in [-0.2, -0.15) is 0 Å². The van der Waals surface area contributed by atoms with E-state index in [0.717, 1.165) is 30.2 Å². The zero-order valence-electron chi connectivity index (χ0n) is 12.5. The molecule has 19 heavy (non-hydrogen) atoms. The van der Waals surface area contributed by atoms with E-state index in [9.17, 15) is 0 Å². The molecule has 0 aromatic carbocycles. The third-order valence-electron chi connectivity index (χ3n) is 6.30. The third kappa shape index (κ3) is 2.35. The largest absolute Gasteiger partial charge is 0.374 e. The highest BCUT2D eigenvalue weighted by molar-refractivity contribution is 5.00. The van der Waals surface area contributed by atoms with Crippen LogP contribution in [0.25, 0.3) is 0 Å². The van der Waals surface area contributed by atoms with Gasteiger partial charge in [-0.05, 0) is 89.0 Å². The lowest BCUT2D eigenvalue weighted by Gasteiger charge is -2.55. The van der Waals surface area contributed by atoms with Gasteiger partial charge in [-0.25, -0.2) is 0 Å². The molecule has 0 aromatic rings. The van der Waals surface area contributed by atoms with Gasteiger partial charge in [-0.15, -0.1) is 0 Å². The van der Waals surface area contributed by atoms with Crippen LogP contribution in [0.4, 0.5) is 0 Å². The Morgan fingerprint density at radius 3 is 2.16 bits per heavy atom. The highest BCUT2D eigenvalue weighted by Gasteiger charge is 2.49. The van der Waals surface area contributed by atoms with Crippen LogP contribution in [0.1, 0.15) is 58.8 Å². The first-order valence-corrected chi connectivity index (χ1v) is 8.49. The van der Waals surface area contributed by atoms with Crippen molar-refractivity contribution in [2.75, 3.05) is 6.54 Å². The number of hydrogen-bond donors (Lipinski definition) is 1. The van der Waals surface area contributed by atoms with Gasteiger partial charge in [0.1, 0.15) is 0 Å². The summed E-state index contributed by atoms with van der Waals surface area (Å²) < 4.78 is 6.66. The Hall–Kier alpha value is -0.0800. The first kappa shape index (κ1) is 12.6. The molecule has 1 aliphatic heterocycles. The van der Waals surface area contributed by atoms with Crippen molar-refractivity contribution >= 4 is 0 Å². The molecule has 1 heterocycles. The molecule has 1 N–H and O–H groups in total. The Balaban J connectivity index is 1.43. The van der Waals surface area contributed by atoms with Crippen LogP contribution in [0.2, 0.25) is 0 Å². The number of ether oxygens (including phenoxy) is 1. The fourth-order valence-corrected chi connectivity index (χ4v) is 5.75. The van der Waals surface area contributed by atoms with E-state index in [1.54, 1.807) is 6.42 Å². The summed E-state index contributed by atoms with van der Waals surface area (Å²) in [6, 6.07) is 0. The maximum Gasteiger partial charge on any atom is 0.0635 e. The second-order valence-corrected chi connectivity index (χ2v) is 8.46. The molecule has 108 valence electrons. The van der Waals surface area contributed by atoms with E-state index < -0.39 is 0 Å². The Morgan fingerprint density at radius 1 is 0.947 bits per heavy atom. The lowest BCUT2D eigenvalue weighted by molar-refractivity contribution is -0.159. The van der Waals surface area contributed by atoms with Gasteiger partial charge in [-0.1, -0.05) is 0 Å². The average Bonchev–Trinajstić information content (AvgIpc) is 2.31. The molecule has 0 radical (unpaired) electrons. The van der Waals surface area contributed by atoms with E-state index in [0.29, 0.717) is 12.2 Å². The van der Waals surface area contributed by atoms with Crippen LogP contribution in [0.3, 0.4) is 0 Å². The Bertz CT molecular complexity index is 323. The molecular formula is C17H29NO. The zero-order chi connectivity index (χ0) is 13.0. The molecule has 5 rings (SSSR count). The summed E-state index contributed by atoms with van der Waals surface area (Å²) in [5, 5.41) is 3.61. The monoisotopic (exact) mass is 263 g/mol. The van der Waals surface area contributed by atoms with Gasteiger partial charge in [0.2, 0.25) is 0 Å². The molecule has 5 fully saturated rings. The molecule has 4 aliphatic carbocycles. The Labute approximate surface area is 117 Å². The number of piperidine rings is 1. The summed E-state index contributed by atoms with van der Waals surface area (Å²) >= 11 is 0. The van der Waals surface area contributed by atoms with Crippen molar-refractivity contribution in [3.05, 3.63) is 0 Å². The summed E-state index contributed by atoms with van der Waals surface area (Å²) in [5.41, 5.74) is 0.273. The van der Waals surface area contributed by atoms with E-state index in [4.69, 9.17) is 4.74 Å². The molecule has 5 aliphatic rings. The Kier molecular flexibility index (Phi) is 2.97. The molecule has 1 saturated heterocycles. The molecule has 0 aromatic heterocycles. The van der Waals surface area contributed by atoms with Crippen LogP contribution in [-0.4, -0.2) is 24.3 Å². The maximum absolute atomic E-state index is 6.66. The Morgan fingerprint density at radius 2 is 1.58 bits per heavy atom. The molecular weight excluding hydrogens is 234 g/mol. The van der Waals surface area contributed by atoms with Crippen LogP contribution in [0.5, 0.6) is 0 Å². The van der Waals surface area contributed by atoms with Crippen molar-refractivity contribution < 1.29 is 4.74 Å². The third-order valence-corrected chi connectivity index (χ3v) is 6.30.